The minimum atomic E-state index is -5.08. The first-order valence-corrected chi connectivity index (χ1v) is 13.1. The van der Waals surface area contributed by atoms with Crippen molar-refractivity contribution >= 4 is 28.6 Å². The predicted molar refractivity (Wildman–Crippen MR) is 154 cm³/mol. The highest BCUT2D eigenvalue weighted by atomic mass is 19.4. The van der Waals surface area contributed by atoms with Crippen LogP contribution in [0.15, 0.2) is 90.1 Å². The summed E-state index contributed by atoms with van der Waals surface area (Å²) in [7, 11) is 0. The average molecular weight is 611 g/mol. The van der Waals surface area contributed by atoms with E-state index in [1.54, 1.807) is 30.6 Å². The second-order valence-corrected chi connectivity index (χ2v) is 9.36. The van der Waals surface area contributed by atoms with Crippen LogP contribution in [0.25, 0.3) is 22.2 Å². The SMILES string of the molecule is O=C(Cn1c(-c2ccccc2F)cnc(NCCc2ccccc2)c1=O)NCc1cc2cnccc2[nH]1.O=C(O)C(F)(F)F. The van der Waals surface area contributed by atoms with Gasteiger partial charge in [-0.05, 0) is 36.2 Å². The second kappa shape index (κ2) is 14.1. The average Bonchev–Trinajstić information content (AvgIpc) is 3.42. The zero-order chi connectivity index (χ0) is 31.7. The molecule has 0 spiro atoms. The number of alkyl halides is 3. The van der Waals surface area contributed by atoms with Crippen LogP contribution < -0.4 is 16.2 Å². The number of aromatic nitrogens is 4. The number of carboxylic acid groups (broad SMARTS) is 1. The van der Waals surface area contributed by atoms with Crippen LogP contribution in [0.1, 0.15) is 11.3 Å². The van der Waals surface area contributed by atoms with Crippen LogP contribution in [-0.4, -0.2) is 49.2 Å². The Morgan fingerprint density at radius 1 is 1.00 bits per heavy atom. The molecule has 44 heavy (non-hydrogen) atoms. The fourth-order valence-electron chi connectivity index (χ4n) is 4.14. The molecule has 5 rings (SSSR count). The van der Waals surface area contributed by atoms with Crippen LogP contribution in [0.4, 0.5) is 23.4 Å². The van der Waals surface area contributed by atoms with Gasteiger partial charge < -0.3 is 20.7 Å². The van der Waals surface area contributed by atoms with Gasteiger partial charge in [0, 0.05) is 41.1 Å². The number of carboxylic acids is 1. The number of carbonyl (C=O) groups excluding carboxylic acids is 1. The van der Waals surface area contributed by atoms with Crippen molar-refractivity contribution < 1.29 is 32.3 Å². The molecule has 0 radical (unpaired) electrons. The van der Waals surface area contributed by atoms with Crippen LogP contribution >= 0.6 is 0 Å². The summed E-state index contributed by atoms with van der Waals surface area (Å²) < 4.78 is 47.6. The lowest BCUT2D eigenvalue weighted by molar-refractivity contribution is -0.192. The number of pyridine rings is 1. The maximum absolute atomic E-state index is 14.6. The molecular formula is C30H26F4N6O4. The molecule has 0 aliphatic heterocycles. The Morgan fingerprint density at radius 2 is 1.70 bits per heavy atom. The molecule has 0 saturated heterocycles. The van der Waals surface area contributed by atoms with Gasteiger partial charge in [-0.2, -0.15) is 13.2 Å². The summed E-state index contributed by atoms with van der Waals surface area (Å²) in [6, 6.07) is 19.7. The number of hydrogen-bond acceptors (Lipinski definition) is 6. The maximum Gasteiger partial charge on any atom is 0.490 e. The van der Waals surface area contributed by atoms with Crippen molar-refractivity contribution in [2.75, 3.05) is 11.9 Å². The lowest BCUT2D eigenvalue weighted by atomic mass is 10.1. The fraction of sp³-hybridized carbons (Fsp3) is 0.167. The largest absolute Gasteiger partial charge is 0.490 e. The monoisotopic (exact) mass is 610 g/mol. The summed E-state index contributed by atoms with van der Waals surface area (Å²) >= 11 is 0. The molecule has 1 amide bonds. The van der Waals surface area contributed by atoms with Crippen LogP contribution in [0.3, 0.4) is 0 Å². The van der Waals surface area contributed by atoms with E-state index in [2.05, 4.69) is 25.6 Å². The Kier molecular flexibility index (Phi) is 10.1. The third-order valence-corrected chi connectivity index (χ3v) is 6.25. The molecule has 3 heterocycles. The number of nitrogens with zero attached hydrogens (tertiary/aromatic N) is 3. The molecule has 10 nitrogen and oxygen atoms in total. The Labute approximate surface area is 247 Å². The summed E-state index contributed by atoms with van der Waals surface area (Å²) in [4.78, 5) is 46.7. The zero-order valence-electron chi connectivity index (χ0n) is 22.9. The number of anilines is 1. The number of fused-ring (bicyclic) bond motifs is 1. The van der Waals surface area contributed by atoms with E-state index in [0.717, 1.165) is 22.2 Å². The Hall–Kier alpha value is -5.53. The standard InChI is InChI=1S/C28H25FN6O2.C2HF3O2/c29-23-9-5-4-8-22(23)25-17-33-27(31-13-10-19-6-2-1-3-7-19)28(37)35(25)18-26(36)32-16-21-14-20-15-30-12-11-24(20)34-21;3-2(4,5)1(6)7/h1-9,11-12,14-15,17,34H,10,13,16,18H2,(H,31,33)(H,32,36);(H,6,7). The molecule has 5 aromatic rings. The smallest absolute Gasteiger partial charge is 0.475 e. The number of aromatic amines is 1. The molecular weight excluding hydrogens is 584 g/mol. The Balaban J connectivity index is 0.000000566. The van der Waals surface area contributed by atoms with Gasteiger partial charge in [0.1, 0.15) is 12.4 Å². The van der Waals surface area contributed by atoms with E-state index in [-0.39, 0.29) is 30.2 Å². The van der Waals surface area contributed by atoms with Gasteiger partial charge in [-0.1, -0.05) is 42.5 Å². The molecule has 0 atom stereocenters. The number of halogens is 4. The minimum absolute atomic E-state index is 0.104. The van der Waals surface area contributed by atoms with Crippen LogP contribution in [0.2, 0.25) is 0 Å². The highest BCUT2D eigenvalue weighted by molar-refractivity contribution is 5.80. The Bertz CT molecular complexity index is 1770. The third-order valence-electron chi connectivity index (χ3n) is 6.25. The van der Waals surface area contributed by atoms with Crippen LogP contribution in [0, 0.1) is 5.82 Å². The summed E-state index contributed by atoms with van der Waals surface area (Å²) in [5.41, 5.74) is 2.75. The molecule has 0 unspecified atom stereocenters. The summed E-state index contributed by atoms with van der Waals surface area (Å²) in [6.07, 6.45) is 0.452. The van der Waals surface area contributed by atoms with Crippen LogP contribution in [-0.2, 0) is 29.1 Å². The molecule has 3 aromatic heterocycles. The quantitative estimate of drug-likeness (QED) is 0.180. The molecule has 0 saturated carbocycles. The van der Waals surface area contributed by atoms with Crippen molar-refractivity contribution in [2.45, 2.75) is 25.7 Å². The van der Waals surface area contributed by atoms with Gasteiger partial charge in [-0.3, -0.25) is 19.1 Å². The van der Waals surface area contributed by atoms with Gasteiger partial charge in [-0.15, -0.1) is 0 Å². The van der Waals surface area contributed by atoms with Crippen molar-refractivity contribution in [1.82, 2.24) is 24.8 Å². The summed E-state index contributed by atoms with van der Waals surface area (Å²) in [6.45, 7) is 0.428. The number of nitrogens with one attached hydrogen (secondary N) is 3. The molecule has 14 heteroatoms. The van der Waals surface area contributed by atoms with Crippen molar-refractivity contribution in [1.29, 1.82) is 0 Å². The van der Waals surface area contributed by atoms with Gasteiger partial charge in [0.15, 0.2) is 5.82 Å². The van der Waals surface area contributed by atoms with Gasteiger partial charge >= 0.3 is 12.1 Å². The van der Waals surface area contributed by atoms with E-state index in [4.69, 9.17) is 9.90 Å². The van der Waals surface area contributed by atoms with E-state index in [0.29, 0.717) is 13.0 Å². The van der Waals surface area contributed by atoms with E-state index in [9.17, 15) is 27.2 Å². The lowest BCUT2D eigenvalue weighted by Crippen LogP contribution is -2.34. The van der Waals surface area contributed by atoms with Crippen molar-refractivity contribution in [2.24, 2.45) is 0 Å². The maximum atomic E-state index is 14.6. The number of rotatable bonds is 9. The van der Waals surface area contributed by atoms with E-state index >= 15 is 0 Å². The molecule has 0 aliphatic rings. The number of H-pyrrole nitrogens is 1. The molecule has 0 aliphatic carbocycles. The number of hydrogen-bond donors (Lipinski definition) is 4. The van der Waals surface area contributed by atoms with Gasteiger partial charge in [0.25, 0.3) is 5.56 Å². The number of amides is 1. The van der Waals surface area contributed by atoms with E-state index in [1.807, 2.05) is 42.5 Å². The highest BCUT2D eigenvalue weighted by Gasteiger charge is 2.38. The van der Waals surface area contributed by atoms with Crippen molar-refractivity contribution in [3.8, 4) is 11.3 Å². The fourth-order valence-corrected chi connectivity index (χ4v) is 4.14. The number of carbonyl (C=O) groups is 2. The highest BCUT2D eigenvalue weighted by Crippen LogP contribution is 2.21. The molecule has 0 bridgehead atoms. The normalized spacial score (nSPS) is 11.0. The molecule has 0 fully saturated rings. The molecule has 228 valence electrons. The van der Waals surface area contributed by atoms with E-state index in [1.165, 1.54) is 16.8 Å². The first kappa shape index (κ1) is 31.4. The topological polar surface area (TPSA) is 142 Å². The second-order valence-electron chi connectivity index (χ2n) is 9.36. The minimum Gasteiger partial charge on any atom is -0.475 e. The molecule has 2 aromatic carbocycles. The summed E-state index contributed by atoms with van der Waals surface area (Å²) in [5.74, 6) is -3.55. The third kappa shape index (κ3) is 8.27. The van der Waals surface area contributed by atoms with E-state index < -0.39 is 29.4 Å². The first-order valence-electron chi connectivity index (χ1n) is 13.1. The zero-order valence-corrected chi connectivity index (χ0v) is 22.9. The van der Waals surface area contributed by atoms with Gasteiger partial charge in [0.2, 0.25) is 5.91 Å². The van der Waals surface area contributed by atoms with Crippen molar-refractivity contribution in [3.63, 3.8) is 0 Å². The van der Waals surface area contributed by atoms with Crippen LogP contribution in [0.5, 0.6) is 0 Å². The van der Waals surface area contributed by atoms with Gasteiger partial charge in [0.05, 0.1) is 18.4 Å². The van der Waals surface area contributed by atoms with Gasteiger partial charge in [-0.25, -0.2) is 14.2 Å². The number of aliphatic carboxylic acids is 1. The summed E-state index contributed by atoms with van der Waals surface area (Å²) in [5, 5.41) is 13.9. The lowest BCUT2D eigenvalue weighted by Gasteiger charge is -2.15. The Morgan fingerprint density at radius 3 is 2.39 bits per heavy atom. The molecule has 4 N–H and O–H groups in total. The van der Waals surface area contributed by atoms with Crippen molar-refractivity contribution in [3.05, 3.63) is 113 Å². The first-order chi connectivity index (χ1) is 21.0. The predicted octanol–water partition coefficient (Wildman–Crippen LogP) is 4.53. The number of benzene rings is 2.